The average molecular weight is 289 g/mol. The van der Waals surface area contributed by atoms with Crippen molar-refractivity contribution in [2.75, 3.05) is 0 Å². The average Bonchev–Trinajstić information content (AvgIpc) is 2.36. The van der Waals surface area contributed by atoms with Crippen molar-refractivity contribution in [2.45, 2.75) is 52.2 Å². The molecule has 1 aromatic rings. The second-order valence-corrected chi connectivity index (χ2v) is 6.60. The fourth-order valence-electron chi connectivity index (χ4n) is 2.69. The first-order valence-corrected chi connectivity index (χ1v) is 7.39. The Balaban J connectivity index is 2.03. The van der Waals surface area contributed by atoms with Crippen LogP contribution in [0.25, 0.3) is 0 Å². The smallest absolute Gasteiger partial charge is 0.407 e. The Morgan fingerprint density at radius 2 is 2.00 bits per heavy atom. The van der Waals surface area contributed by atoms with E-state index in [1.807, 2.05) is 52.0 Å². The van der Waals surface area contributed by atoms with Gasteiger partial charge in [0.2, 0.25) is 0 Å². The van der Waals surface area contributed by atoms with Gasteiger partial charge in [0.1, 0.15) is 5.60 Å². The van der Waals surface area contributed by atoms with Gasteiger partial charge < -0.3 is 10.1 Å². The minimum atomic E-state index is -0.535. The highest BCUT2D eigenvalue weighted by molar-refractivity contribution is 6.00. The molecule has 0 radical (unpaired) electrons. The van der Waals surface area contributed by atoms with Crippen molar-refractivity contribution < 1.29 is 14.3 Å². The van der Waals surface area contributed by atoms with Gasteiger partial charge in [-0.1, -0.05) is 24.3 Å². The summed E-state index contributed by atoms with van der Waals surface area (Å²) in [6, 6.07) is 7.46. The zero-order valence-corrected chi connectivity index (χ0v) is 13.1. The van der Waals surface area contributed by atoms with E-state index < -0.39 is 11.7 Å². The standard InChI is InChI=1S/C17H23NO3/c1-11(18-16(20)21-17(2,3)4)13-10-9-12-7-5-6-8-14(12)15(13)19/h5-8,11,13H,9-10H2,1-4H3,(H,18,20). The maximum atomic E-state index is 12.5. The summed E-state index contributed by atoms with van der Waals surface area (Å²) < 4.78 is 5.24. The van der Waals surface area contributed by atoms with Crippen LogP contribution in [-0.2, 0) is 11.2 Å². The number of nitrogens with one attached hydrogen (secondary N) is 1. The van der Waals surface area contributed by atoms with Crippen LogP contribution < -0.4 is 5.32 Å². The molecule has 2 unspecified atom stereocenters. The van der Waals surface area contributed by atoms with E-state index in [1.165, 1.54) is 0 Å². The van der Waals surface area contributed by atoms with Gasteiger partial charge in [0.25, 0.3) is 0 Å². The van der Waals surface area contributed by atoms with Crippen molar-refractivity contribution in [1.29, 1.82) is 0 Å². The molecule has 0 heterocycles. The van der Waals surface area contributed by atoms with Crippen molar-refractivity contribution in [3.63, 3.8) is 0 Å². The van der Waals surface area contributed by atoms with Gasteiger partial charge >= 0.3 is 6.09 Å². The van der Waals surface area contributed by atoms with Crippen LogP contribution in [0.2, 0.25) is 0 Å². The number of hydrogen-bond acceptors (Lipinski definition) is 3. The lowest BCUT2D eigenvalue weighted by Crippen LogP contribution is -2.45. The number of Topliss-reactive ketones (excluding diaryl/α,β-unsaturated/α-hetero) is 1. The number of rotatable bonds is 2. The van der Waals surface area contributed by atoms with Crippen molar-refractivity contribution in [2.24, 2.45) is 5.92 Å². The number of carbonyl (C=O) groups is 2. The third-order valence-electron chi connectivity index (χ3n) is 3.69. The molecule has 0 aliphatic heterocycles. The van der Waals surface area contributed by atoms with Crippen LogP contribution in [0.4, 0.5) is 4.79 Å². The summed E-state index contributed by atoms with van der Waals surface area (Å²) in [5.41, 5.74) is 1.35. The Morgan fingerprint density at radius 3 is 2.67 bits per heavy atom. The molecule has 2 rings (SSSR count). The zero-order valence-electron chi connectivity index (χ0n) is 13.1. The van der Waals surface area contributed by atoms with E-state index in [9.17, 15) is 9.59 Å². The molecule has 0 fully saturated rings. The van der Waals surface area contributed by atoms with Gasteiger partial charge in [0, 0.05) is 17.5 Å². The van der Waals surface area contributed by atoms with Crippen LogP contribution in [0.3, 0.4) is 0 Å². The van der Waals surface area contributed by atoms with E-state index in [1.54, 1.807) is 0 Å². The van der Waals surface area contributed by atoms with Gasteiger partial charge in [-0.3, -0.25) is 4.79 Å². The second-order valence-electron chi connectivity index (χ2n) is 6.60. The lowest BCUT2D eigenvalue weighted by Gasteiger charge is -2.29. The number of ketones is 1. The Bertz CT molecular complexity index is 545. The third-order valence-corrected chi connectivity index (χ3v) is 3.69. The van der Waals surface area contributed by atoms with Crippen LogP contribution in [0.1, 0.15) is 50.0 Å². The maximum absolute atomic E-state index is 12.5. The Labute approximate surface area is 125 Å². The van der Waals surface area contributed by atoms with Crippen LogP contribution in [0.15, 0.2) is 24.3 Å². The van der Waals surface area contributed by atoms with Gasteiger partial charge in [-0.25, -0.2) is 4.79 Å². The topological polar surface area (TPSA) is 55.4 Å². The molecule has 0 bridgehead atoms. The molecule has 1 aliphatic rings. The quantitative estimate of drug-likeness (QED) is 0.908. The minimum absolute atomic E-state index is 0.111. The SMILES string of the molecule is CC(NC(=O)OC(C)(C)C)C1CCc2ccccc2C1=O. The summed E-state index contributed by atoms with van der Waals surface area (Å²) in [6.07, 6.45) is 1.15. The molecule has 4 nitrogen and oxygen atoms in total. The van der Waals surface area contributed by atoms with Crippen LogP contribution >= 0.6 is 0 Å². The summed E-state index contributed by atoms with van der Waals surface area (Å²) in [5.74, 6) is -0.0761. The maximum Gasteiger partial charge on any atom is 0.407 e. The molecular formula is C17H23NO3. The van der Waals surface area contributed by atoms with Gasteiger partial charge in [0.15, 0.2) is 5.78 Å². The molecule has 0 aromatic heterocycles. The zero-order chi connectivity index (χ0) is 15.6. The van der Waals surface area contributed by atoms with Gasteiger partial charge in [0.05, 0.1) is 0 Å². The lowest BCUT2D eigenvalue weighted by molar-refractivity contribution is 0.0487. The first-order valence-electron chi connectivity index (χ1n) is 7.39. The highest BCUT2D eigenvalue weighted by Crippen LogP contribution is 2.27. The Hall–Kier alpha value is -1.84. The number of alkyl carbamates (subject to hydrolysis) is 1. The Morgan fingerprint density at radius 1 is 1.33 bits per heavy atom. The van der Waals surface area contributed by atoms with Crippen LogP contribution in [-0.4, -0.2) is 23.5 Å². The molecule has 2 atom stereocenters. The number of benzene rings is 1. The number of aryl methyl sites for hydroxylation is 1. The van der Waals surface area contributed by atoms with Gasteiger partial charge in [-0.15, -0.1) is 0 Å². The second kappa shape index (κ2) is 5.88. The van der Waals surface area contributed by atoms with Gasteiger partial charge in [-0.2, -0.15) is 0 Å². The molecule has 21 heavy (non-hydrogen) atoms. The lowest BCUT2D eigenvalue weighted by atomic mass is 9.79. The Kier molecular flexibility index (Phi) is 4.35. The summed E-state index contributed by atoms with van der Waals surface area (Å²) in [4.78, 5) is 24.4. The summed E-state index contributed by atoms with van der Waals surface area (Å²) in [5, 5.41) is 2.79. The number of ether oxygens (including phenoxy) is 1. The fourth-order valence-corrected chi connectivity index (χ4v) is 2.69. The van der Waals surface area contributed by atoms with E-state index in [0.717, 1.165) is 24.0 Å². The monoisotopic (exact) mass is 289 g/mol. The molecule has 4 heteroatoms. The molecule has 0 spiro atoms. The van der Waals surface area contributed by atoms with E-state index in [0.29, 0.717) is 0 Å². The first-order chi connectivity index (χ1) is 9.78. The predicted molar refractivity (Wildman–Crippen MR) is 81.4 cm³/mol. The van der Waals surface area contributed by atoms with Crippen LogP contribution in [0.5, 0.6) is 0 Å². The molecule has 0 saturated heterocycles. The third kappa shape index (κ3) is 3.84. The predicted octanol–water partition coefficient (Wildman–Crippen LogP) is 3.34. The van der Waals surface area contributed by atoms with Crippen molar-refractivity contribution in [3.05, 3.63) is 35.4 Å². The number of amides is 1. The molecule has 1 N–H and O–H groups in total. The summed E-state index contributed by atoms with van der Waals surface area (Å²) in [6.45, 7) is 7.32. The van der Waals surface area contributed by atoms with E-state index in [2.05, 4.69) is 5.32 Å². The minimum Gasteiger partial charge on any atom is -0.444 e. The molecule has 1 amide bonds. The van der Waals surface area contributed by atoms with Crippen molar-refractivity contribution >= 4 is 11.9 Å². The molecular weight excluding hydrogens is 266 g/mol. The molecule has 1 aliphatic carbocycles. The summed E-state index contributed by atoms with van der Waals surface area (Å²) in [7, 11) is 0. The van der Waals surface area contributed by atoms with E-state index >= 15 is 0 Å². The molecule has 114 valence electrons. The number of fused-ring (bicyclic) bond motifs is 1. The summed E-state index contributed by atoms with van der Waals surface area (Å²) >= 11 is 0. The fraction of sp³-hybridized carbons (Fsp3) is 0.529. The highest BCUT2D eigenvalue weighted by atomic mass is 16.6. The highest BCUT2D eigenvalue weighted by Gasteiger charge is 2.32. The van der Waals surface area contributed by atoms with E-state index in [4.69, 9.17) is 4.74 Å². The van der Waals surface area contributed by atoms with Crippen LogP contribution in [0, 0.1) is 5.92 Å². The van der Waals surface area contributed by atoms with Crippen molar-refractivity contribution in [1.82, 2.24) is 5.32 Å². The number of carbonyl (C=O) groups excluding carboxylic acids is 2. The molecule has 1 aromatic carbocycles. The largest absolute Gasteiger partial charge is 0.444 e. The molecule has 0 saturated carbocycles. The van der Waals surface area contributed by atoms with Gasteiger partial charge in [-0.05, 0) is 46.1 Å². The van der Waals surface area contributed by atoms with Crippen molar-refractivity contribution in [3.8, 4) is 0 Å². The number of hydrogen-bond donors (Lipinski definition) is 1. The first kappa shape index (κ1) is 15.5. The van der Waals surface area contributed by atoms with E-state index in [-0.39, 0.29) is 17.7 Å². The normalized spacial score (nSPS) is 19.6.